The highest BCUT2D eigenvalue weighted by Crippen LogP contribution is 2.17. The Kier molecular flexibility index (Phi) is 6.63. The van der Waals surface area contributed by atoms with Gasteiger partial charge in [-0.1, -0.05) is 43.7 Å². The Morgan fingerprint density at radius 3 is 2.77 bits per heavy atom. The largest absolute Gasteiger partial charge is 0.338 e. The molecule has 3 rings (SSSR count). The fourth-order valence-corrected chi connectivity index (χ4v) is 3.43. The Balaban J connectivity index is 1.35. The number of benzene rings is 1. The molecule has 6 heteroatoms. The first kappa shape index (κ1) is 18.4. The lowest BCUT2D eigenvalue weighted by molar-refractivity contribution is 0.240. The maximum Gasteiger partial charge on any atom is 0.314 e. The molecule has 1 aliphatic heterocycles. The quantitative estimate of drug-likeness (QED) is 0.802. The molecule has 2 N–H and O–H groups in total. The van der Waals surface area contributed by atoms with Crippen LogP contribution in [0.25, 0.3) is 0 Å². The van der Waals surface area contributed by atoms with E-state index in [-0.39, 0.29) is 6.03 Å². The van der Waals surface area contributed by atoms with Crippen molar-refractivity contribution in [2.75, 3.05) is 13.1 Å². The zero-order valence-corrected chi connectivity index (χ0v) is 15.6. The van der Waals surface area contributed by atoms with E-state index in [9.17, 15) is 4.79 Å². The van der Waals surface area contributed by atoms with Crippen molar-refractivity contribution in [2.45, 2.75) is 57.9 Å². The Labute approximate surface area is 155 Å². The molecular weight excluding hydrogens is 326 g/mol. The Bertz CT molecular complexity index is 697. The van der Waals surface area contributed by atoms with E-state index in [1.807, 2.05) is 6.07 Å². The minimum Gasteiger partial charge on any atom is -0.338 e. The minimum absolute atomic E-state index is 0.110. The normalized spacial score (nSPS) is 15.0. The number of aryl methyl sites for hydroxylation is 1. The zero-order valence-electron chi connectivity index (χ0n) is 15.6. The standard InChI is InChI=1S/C20H29N5O/c1-16(17-8-4-2-5-9-17)11-13-21-20(26)22-14-12-19-24-23-18-10-6-3-7-15-25(18)19/h2,4-5,8-9,16H,3,6-7,10-15H2,1H3,(H2,21,22,26)/t16-/m1/s1. The first-order valence-corrected chi connectivity index (χ1v) is 9.71. The van der Waals surface area contributed by atoms with Gasteiger partial charge in [-0.25, -0.2) is 4.79 Å². The Morgan fingerprint density at radius 2 is 1.92 bits per heavy atom. The number of rotatable bonds is 7. The molecule has 26 heavy (non-hydrogen) atoms. The van der Waals surface area contributed by atoms with Gasteiger partial charge in [0.2, 0.25) is 0 Å². The summed E-state index contributed by atoms with van der Waals surface area (Å²) in [6, 6.07) is 10.3. The number of hydrogen-bond donors (Lipinski definition) is 2. The molecule has 0 saturated heterocycles. The SMILES string of the molecule is C[C@H](CCNC(=O)NCCc1nnc2n1CCCCC2)c1ccccc1. The second-order valence-electron chi connectivity index (χ2n) is 7.03. The average Bonchev–Trinajstić information content (AvgIpc) is 2.89. The first-order chi connectivity index (χ1) is 12.7. The molecule has 0 unspecified atom stereocenters. The van der Waals surface area contributed by atoms with E-state index in [0.29, 0.717) is 19.0 Å². The molecule has 0 saturated carbocycles. The molecule has 140 valence electrons. The molecule has 1 aromatic heterocycles. The highest BCUT2D eigenvalue weighted by molar-refractivity contribution is 5.73. The van der Waals surface area contributed by atoms with Crippen LogP contribution in [-0.2, 0) is 19.4 Å². The van der Waals surface area contributed by atoms with Crippen LogP contribution >= 0.6 is 0 Å². The third-order valence-corrected chi connectivity index (χ3v) is 5.05. The lowest BCUT2D eigenvalue weighted by Crippen LogP contribution is -2.37. The number of nitrogens with zero attached hydrogens (tertiary/aromatic N) is 3. The molecule has 0 radical (unpaired) electrons. The van der Waals surface area contributed by atoms with Crippen molar-refractivity contribution < 1.29 is 4.79 Å². The van der Waals surface area contributed by atoms with Crippen molar-refractivity contribution in [2.24, 2.45) is 0 Å². The van der Waals surface area contributed by atoms with E-state index in [1.54, 1.807) is 0 Å². The number of amides is 2. The van der Waals surface area contributed by atoms with Gasteiger partial charge in [-0.2, -0.15) is 0 Å². The van der Waals surface area contributed by atoms with Crippen LogP contribution in [-0.4, -0.2) is 33.9 Å². The molecule has 1 atom stereocenters. The lowest BCUT2D eigenvalue weighted by atomic mass is 9.98. The maximum absolute atomic E-state index is 12.0. The number of fused-ring (bicyclic) bond motifs is 1. The predicted octanol–water partition coefficient (Wildman–Crippen LogP) is 3.04. The summed E-state index contributed by atoms with van der Waals surface area (Å²) in [5.74, 6) is 2.51. The summed E-state index contributed by atoms with van der Waals surface area (Å²) in [7, 11) is 0. The van der Waals surface area contributed by atoms with Crippen molar-refractivity contribution >= 4 is 6.03 Å². The molecule has 0 spiro atoms. The van der Waals surface area contributed by atoms with Crippen molar-refractivity contribution in [3.8, 4) is 0 Å². The van der Waals surface area contributed by atoms with Gasteiger partial charge in [0, 0.05) is 32.5 Å². The van der Waals surface area contributed by atoms with Crippen LogP contribution in [0.1, 0.15) is 55.7 Å². The number of carbonyl (C=O) groups is 1. The second kappa shape index (κ2) is 9.36. The van der Waals surface area contributed by atoms with Crippen LogP contribution in [0.3, 0.4) is 0 Å². The minimum atomic E-state index is -0.110. The molecule has 2 heterocycles. The van der Waals surface area contributed by atoms with Crippen molar-refractivity contribution in [3.63, 3.8) is 0 Å². The van der Waals surface area contributed by atoms with Gasteiger partial charge in [-0.3, -0.25) is 0 Å². The van der Waals surface area contributed by atoms with Crippen LogP contribution in [0.2, 0.25) is 0 Å². The fourth-order valence-electron chi connectivity index (χ4n) is 3.43. The van der Waals surface area contributed by atoms with Gasteiger partial charge >= 0.3 is 6.03 Å². The van der Waals surface area contributed by atoms with E-state index in [2.05, 4.69) is 56.6 Å². The highest BCUT2D eigenvalue weighted by atomic mass is 16.2. The number of carbonyl (C=O) groups excluding carboxylic acids is 1. The summed E-state index contributed by atoms with van der Waals surface area (Å²) in [5, 5.41) is 14.5. The van der Waals surface area contributed by atoms with Gasteiger partial charge in [0.05, 0.1) is 0 Å². The van der Waals surface area contributed by atoms with E-state index < -0.39 is 0 Å². The number of hydrogen-bond acceptors (Lipinski definition) is 3. The molecule has 0 bridgehead atoms. The average molecular weight is 355 g/mol. The van der Waals surface area contributed by atoms with Gasteiger partial charge in [-0.05, 0) is 30.7 Å². The molecule has 6 nitrogen and oxygen atoms in total. The van der Waals surface area contributed by atoms with Crippen LogP contribution in [0.15, 0.2) is 30.3 Å². The van der Waals surface area contributed by atoms with Gasteiger partial charge < -0.3 is 15.2 Å². The summed E-state index contributed by atoms with van der Waals surface area (Å²) in [5.41, 5.74) is 1.31. The molecule has 0 fully saturated rings. The third-order valence-electron chi connectivity index (χ3n) is 5.05. The summed E-state index contributed by atoms with van der Waals surface area (Å²) in [6.45, 7) is 4.44. The Hall–Kier alpha value is -2.37. The highest BCUT2D eigenvalue weighted by Gasteiger charge is 2.14. The molecule has 2 aromatic rings. The summed E-state index contributed by atoms with van der Waals surface area (Å²) >= 11 is 0. The number of nitrogens with one attached hydrogen (secondary N) is 2. The molecule has 2 amide bonds. The van der Waals surface area contributed by atoms with Gasteiger partial charge in [0.15, 0.2) is 0 Å². The van der Waals surface area contributed by atoms with E-state index in [0.717, 1.165) is 37.5 Å². The number of urea groups is 1. The molecular formula is C20H29N5O. The monoisotopic (exact) mass is 355 g/mol. The van der Waals surface area contributed by atoms with Crippen LogP contribution in [0, 0.1) is 0 Å². The molecule has 0 aliphatic carbocycles. The lowest BCUT2D eigenvalue weighted by Gasteiger charge is -2.13. The fraction of sp³-hybridized carbons (Fsp3) is 0.550. The van der Waals surface area contributed by atoms with Crippen LogP contribution in [0.5, 0.6) is 0 Å². The van der Waals surface area contributed by atoms with Gasteiger partial charge in [0.25, 0.3) is 0 Å². The third kappa shape index (κ3) is 5.07. The molecule has 1 aliphatic rings. The van der Waals surface area contributed by atoms with Crippen molar-refractivity contribution in [1.82, 2.24) is 25.4 Å². The smallest absolute Gasteiger partial charge is 0.314 e. The number of aromatic nitrogens is 3. The topological polar surface area (TPSA) is 71.8 Å². The van der Waals surface area contributed by atoms with Crippen molar-refractivity contribution in [1.29, 1.82) is 0 Å². The van der Waals surface area contributed by atoms with Crippen LogP contribution in [0.4, 0.5) is 4.79 Å². The maximum atomic E-state index is 12.0. The summed E-state index contributed by atoms with van der Waals surface area (Å²) < 4.78 is 2.23. The first-order valence-electron chi connectivity index (χ1n) is 9.71. The predicted molar refractivity (Wildman–Crippen MR) is 102 cm³/mol. The van der Waals surface area contributed by atoms with E-state index >= 15 is 0 Å². The van der Waals surface area contributed by atoms with Crippen LogP contribution < -0.4 is 10.6 Å². The van der Waals surface area contributed by atoms with Crippen molar-refractivity contribution in [3.05, 3.63) is 47.5 Å². The summed E-state index contributed by atoms with van der Waals surface area (Å²) in [6.07, 6.45) is 6.30. The van der Waals surface area contributed by atoms with Gasteiger partial charge in [-0.15, -0.1) is 10.2 Å². The van der Waals surface area contributed by atoms with Gasteiger partial charge in [0.1, 0.15) is 11.6 Å². The second-order valence-corrected chi connectivity index (χ2v) is 7.03. The zero-order chi connectivity index (χ0) is 18.2. The van der Waals surface area contributed by atoms with E-state index in [1.165, 1.54) is 24.8 Å². The summed E-state index contributed by atoms with van der Waals surface area (Å²) in [4.78, 5) is 12.0. The molecule has 1 aromatic carbocycles. The Morgan fingerprint density at radius 1 is 1.12 bits per heavy atom. The van der Waals surface area contributed by atoms with E-state index in [4.69, 9.17) is 0 Å².